The van der Waals surface area contributed by atoms with Crippen molar-refractivity contribution in [3.63, 3.8) is 0 Å². The van der Waals surface area contributed by atoms with E-state index in [1.807, 2.05) is 0 Å². The fourth-order valence-electron chi connectivity index (χ4n) is 2.03. The molecule has 0 bridgehead atoms. The van der Waals surface area contributed by atoms with Gasteiger partial charge in [0, 0.05) is 17.5 Å². The van der Waals surface area contributed by atoms with Crippen molar-refractivity contribution in [1.29, 1.82) is 0 Å². The van der Waals surface area contributed by atoms with Crippen LogP contribution in [0.25, 0.3) is 0 Å². The molecule has 1 aromatic carbocycles. The van der Waals surface area contributed by atoms with Crippen molar-refractivity contribution in [2.45, 2.75) is 31.1 Å². The Balaban J connectivity index is 1.61. The number of rotatable bonds is 6. The van der Waals surface area contributed by atoms with Crippen LogP contribution >= 0.6 is 0 Å². The molecule has 0 radical (unpaired) electrons. The Labute approximate surface area is 122 Å². The van der Waals surface area contributed by atoms with Crippen LogP contribution in [-0.4, -0.2) is 13.6 Å². The molecule has 112 valence electrons. The van der Waals surface area contributed by atoms with Gasteiger partial charge in [-0.05, 0) is 18.9 Å². The van der Waals surface area contributed by atoms with Gasteiger partial charge in [0.25, 0.3) is 0 Å². The second-order valence-corrected chi connectivity index (χ2v) is 6.97. The van der Waals surface area contributed by atoms with Crippen LogP contribution in [0, 0.1) is 5.82 Å². The molecule has 0 amide bonds. The fourth-order valence-corrected chi connectivity index (χ4v) is 3.14. The molecule has 3 rings (SSSR count). The number of nitrogens with zero attached hydrogens (tertiary/aromatic N) is 1. The minimum absolute atomic E-state index is 0.0486. The van der Waals surface area contributed by atoms with Crippen molar-refractivity contribution in [3.05, 3.63) is 53.2 Å². The van der Waals surface area contributed by atoms with Crippen LogP contribution in [0.4, 0.5) is 4.39 Å². The molecule has 1 aliphatic carbocycles. The van der Waals surface area contributed by atoms with Gasteiger partial charge >= 0.3 is 0 Å². The SMILES string of the molecule is O=S(=O)(Cc1ccccc1F)NCc1cc(C2CC2)on1. The summed E-state index contributed by atoms with van der Waals surface area (Å²) in [6.45, 7) is 0.0486. The van der Waals surface area contributed by atoms with Crippen molar-refractivity contribution in [2.75, 3.05) is 0 Å². The lowest BCUT2D eigenvalue weighted by molar-refractivity contribution is 0.377. The highest BCUT2D eigenvalue weighted by Gasteiger charge is 2.28. The number of aromatic nitrogens is 1. The molecule has 1 aromatic heterocycles. The van der Waals surface area contributed by atoms with E-state index >= 15 is 0 Å². The maximum Gasteiger partial charge on any atom is 0.216 e. The smallest absolute Gasteiger partial charge is 0.216 e. The van der Waals surface area contributed by atoms with Gasteiger partial charge in [-0.2, -0.15) is 0 Å². The summed E-state index contributed by atoms with van der Waals surface area (Å²) >= 11 is 0. The van der Waals surface area contributed by atoms with Gasteiger partial charge in [-0.3, -0.25) is 0 Å². The maximum absolute atomic E-state index is 13.5. The summed E-state index contributed by atoms with van der Waals surface area (Å²) in [5, 5.41) is 3.83. The van der Waals surface area contributed by atoms with E-state index in [0.29, 0.717) is 11.6 Å². The Morgan fingerprint density at radius 1 is 1.33 bits per heavy atom. The average Bonchev–Trinajstić information content (AvgIpc) is 3.18. The minimum Gasteiger partial charge on any atom is -0.361 e. The van der Waals surface area contributed by atoms with Gasteiger partial charge in [-0.25, -0.2) is 17.5 Å². The number of hydrogen-bond donors (Lipinski definition) is 1. The number of benzene rings is 1. The molecule has 0 saturated heterocycles. The molecular formula is C14H15FN2O3S. The first-order valence-electron chi connectivity index (χ1n) is 6.70. The number of hydrogen-bond acceptors (Lipinski definition) is 4. The average molecular weight is 310 g/mol. The summed E-state index contributed by atoms with van der Waals surface area (Å²) in [4.78, 5) is 0. The lowest BCUT2D eigenvalue weighted by atomic mass is 10.2. The Hall–Kier alpha value is -1.73. The Bertz CT molecular complexity index is 738. The Morgan fingerprint density at radius 2 is 2.10 bits per heavy atom. The van der Waals surface area contributed by atoms with Gasteiger partial charge in [-0.15, -0.1) is 0 Å². The summed E-state index contributed by atoms with van der Waals surface area (Å²) in [5.41, 5.74) is 0.679. The number of nitrogens with one attached hydrogen (secondary N) is 1. The molecule has 1 aliphatic rings. The van der Waals surface area contributed by atoms with E-state index < -0.39 is 21.6 Å². The third kappa shape index (κ3) is 3.68. The van der Waals surface area contributed by atoms with Gasteiger partial charge in [0.05, 0.1) is 18.0 Å². The van der Waals surface area contributed by atoms with Gasteiger partial charge in [0.15, 0.2) is 0 Å². The maximum atomic E-state index is 13.5. The zero-order valence-corrected chi connectivity index (χ0v) is 12.1. The van der Waals surface area contributed by atoms with E-state index in [1.165, 1.54) is 18.2 Å². The number of sulfonamides is 1. The van der Waals surface area contributed by atoms with Gasteiger partial charge < -0.3 is 4.52 Å². The summed E-state index contributed by atoms with van der Waals surface area (Å²) < 4.78 is 44.9. The number of halogens is 1. The highest BCUT2D eigenvalue weighted by atomic mass is 32.2. The normalized spacial score (nSPS) is 15.3. The molecule has 1 N–H and O–H groups in total. The fraction of sp³-hybridized carbons (Fsp3) is 0.357. The molecule has 0 spiro atoms. The van der Waals surface area contributed by atoms with Crippen molar-refractivity contribution in [2.24, 2.45) is 0 Å². The topological polar surface area (TPSA) is 72.2 Å². The van der Waals surface area contributed by atoms with Gasteiger partial charge in [0.2, 0.25) is 10.0 Å². The van der Waals surface area contributed by atoms with E-state index in [2.05, 4.69) is 9.88 Å². The summed E-state index contributed by atoms with van der Waals surface area (Å²) in [6, 6.07) is 7.59. The van der Waals surface area contributed by atoms with Crippen LogP contribution in [0.3, 0.4) is 0 Å². The highest BCUT2D eigenvalue weighted by Crippen LogP contribution is 2.40. The standard InChI is InChI=1S/C14H15FN2O3S/c15-13-4-2-1-3-11(13)9-21(18,19)16-8-12-7-14(20-17-12)10-5-6-10/h1-4,7,10,16H,5-6,8-9H2. The van der Waals surface area contributed by atoms with Crippen molar-refractivity contribution in [1.82, 2.24) is 9.88 Å². The van der Waals surface area contributed by atoms with Crippen LogP contribution in [0.1, 0.15) is 35.8 Å². The van der Waals surface area contributed by atoms with Crippen molar-refractivity contribution in [3.8, 4) is 0 Å². The van der Waals surface area contributed by atoms with Gasteiger partial charge in [0.1, 0.15) is 11.6 Å². The Morgan fingerprint density at radius 3 is 2.81 bits per heavy atom. The van der Waals surface area contributed by atoms with Crippen LogP contribution in [0.5, 0.6) is 0 Å². The molecule has 0 aliphatic heterocycles. The van der Waals surface area contributed by atoms with E-state index in [4.69, 9.17) is 4.52 Å². The largest absolute Gasteiger partial charge is 0.361 e. The minimum atomic E-state index is -3.62. The molecule has 5 nitrogen and oxygen atoms in total. The lowest BCUT2D eigenvalue weighted by Crippen LogP contribution is -2.25. The van der Waals surface area contributed by atoms with E-state index in [0.717, 1.165) is 18.6 Å². The molecule has 0 unspecified atom stereocenters. The first-order valence-corrected chi connectivity index (χ1v) is 8.35. The highest BCUT2D eigenvalue weighted by molar-refractivity contribution is 7.88. The van der Waals surface area contributed by atoms with Crippen LogP contribution in [-0.2, 0) is 22.3 Å². The second kappa shape index (κ2) is 5.57. The van der Waals surface area contributed by atoms with Crippen LogP contribution < -0.4 is 4.72 Å². The molecule has 1 saturated carbocycles. The first-order chi connectivity index (χ1) is 10.0. The summed E-state index contributed by atoms with van der Waals surface area (Å²) in [7, 11) is -3.62. The lowest BCUT2D eigenvalue weighted by Gasteiger charge is -2.05. The molecule has 2 aromatic rings. The Kier molecular flexibility index (Phi) is 3.77. The van der Waals surface area contributed by atoms with E-state index in [9.17, 15) is 12.8 Å². The van der Waals surface area contributed by atoms with Crippen LogP contribution in [0.15, 0.2) is 34.9 Å². The third-order valence-corrected chi connectivity index (χ3v) is 4.61. The molecule has 21 heavy (non-hydrogen) atoms. The molecule has 0 atom stereocenters. The zero-order valence-electron chi connectivity index (χ0n) is 11.3. The monoisotopic (exact) mass is 310 g/mol. The van der Waals surface area contributed by atoms with E-state index in [1.54, 1.807) is 12.1 Å². The molecule has 7 heteroatoms. The van der Waals surface area contributed by atoms with Gasteiger partial charge in [-0.1, -0.05) is 23.4 Å². The van der Waals surface area contributed by atoms with Crippen LogP contribution in [0.2, 0.25) is 0 Å². The van der Waals surface area contributed by atoms with E-state index in [-0.39, 0.29) is 12.1 Å². The summed E-state index contributed by atoms with van der Waals surface area (Å²) in [5.74, 6) is 0.312. The van der Waals surface area contributed by atoms with Crippen molar-refractivity contribution >= 4 is 10.0 Å². The molecular weight excluding hydrogens is 295 g/mol. The molecule has 1 heterocycles. The second-order valence-electron chi connectivity index (χ2n) is 5.17. The predicted octanol–water partition coefficient (Wildman–Crippen LogP) is 2.31. The summed E-state index contributed by atoms with van der Waals surface area (Å²) in [6.07, 6.45) is 2.18. The first kappa shape index (κ1) is 14.2. The molecule has 1 fully saturated rings. The predicted molar refractivity (Wildman–Crippen MR) is 74.3 cm³/mol. The quantitative estimate of drug-likeness (QED) is 0.888. The van der Waals surface area contributed by atoms with Crippen molar-refractivity contribution < 1.29 is 17.3 Å². The zero-order chi connectivity index (χ0) is 14.9. The third-order valence-electron chi connectivity index (χ3n) is 3.33.